The Morgan fingerprint density at radius 3 is 2.50 bits per heavy atom. The van der Waals surface area contributed by atoms with Gasteiger partial charge in [-0.3, -0.25) is 0 Å². The number of carbonyl (C=O) groups excluding carboxylic acids is 1. The number of hydrogen-bond donors (Lipinski definition) is 2. The van der Waals surface area contributed by atoms with E-state index in [1.54, 1.807) is 31.2 Å². The van der Waals surface area contributed by atoms with Crippen LogP contribution in [0.4, 0.5) is 13.2 Å². The molecule has 4 nitrogen and oxygen atoms in total. The highest BCUT2D eigenvalue weighted by Gasteiger charge is 2.35. The van der Waals surface area contributed by atoms with Gasteiger partial charge in [-0.25, -0.2) is 4.79 Å². The minimum absolute atomic E-state index is 0.129. The van der Waals surface area contributed by atoms with E-state index in [0.717, 1.165) is 12.1 Å². The molecular weight excluding hydrogens is 389 g/mol. The molecule has 2 N–H and O–H groups in total. The lowest BCUT2D eigenvalue weighted by Crippen LogP contribution is -2.45. The number of rotatable bonds is 4. The van der Waals surface area contributed by atoms with E-state index in [1.165, 1.54) is 12.1 Å². The van der Waals surface area contributed by atoms with Gasteiger partial charge >= 0.3 is 12.1 Å². The molecule has 0 spiro atoms. The van der Waals surface area contributed by atoms with Gasteiger partial charge in [0.2, 0.25) is 0 Å². The summed E-state index contributed by atoms with van der Waals surface area (Å²) in [5, 5.41) is 6.04. The summed E-state index contributed by atoms with van der Waals surface area (Å²) < 4.78 is 44.7. The quantitative estimate of drug-likeness (QED) is 0.589. The van der Waals surface area contributed by atoms with E-state index in [1.807, 2.05) is 6.07 Å². The molecule has 0 fully saturated rings. The Morgan fingerprint density at radius 1 is 1.14 bits per heavy atom. The molecule has 8 heteroatoms. The summed E-state index contributed by atoms with van der Waals surface area (Å²) in [5.74, 6) is -0.633. The van der Waals surface area contributed by atoms with E-state index in [0.29, 0.717) is 11.3 Å². The normalized spacial score (nSPS) is 17.0. The smallest absolute Gasteiger partial charge is 0.416 e. The molecule has 0 saturated carbocycles. The van der Waals surface area contributed by atoms with E-state index in [2.05, 4.69) is 10.6 Å². The largest absolute Gasteiger partial charge is 0.463 e. The Labute approximate surface area is 165 Å². The van der Waals surface area contributed by atoms with Crippen LogP contribution in [0.15, 0.2) is 60.2 Å². The number of alkyl halides is 3. The molecule has 1 aliphatic rings. The lowest BCUT2D eigenvalue weighted by atomic mass is 9.92. The predicted molar refractivity (Wildman–Crippen MR) is 103 cm³/mol. The Morgan fingerprint density at radius 2 is 1.86 bits per heavy atom. The molecular formula is C20H17F3N2O2S. The first-order valence-electron chi connectivity index (χ1n) is 8.52. The molecule has 0 bridgehead atoms. The molecule has 0 radical (unpaired) electrons. The van der Waals surface area contributed by atoms with Gasteiger partial charge in [-0.2, -0.15) is 13.2 Å². The number of carbonyl (C=O) groups is 1. The Kier molecular flexibility index (Phi) is 5.69. The van der Waals surface area contributed by atoms with Crippen LogP contribution in [-0.2, 0) is 15.7 Å². The number of hydrogen-bond acceptors (Lipinski definition) is 3. The van der Waals surface area contributed by atoms with Crippen LogP contribution in [0.25, 0.3) is 5.70 Å². The van der Waals surface area contributed by atoms with Crippen LogP contribution in [0, 0.1) is 0 Å². The van der Waals surface area contributed by atoms with Crippen LogP contribution in [0.2, 0.25) is 0 Å². The zero-order chi connectivity index (χ0) is 20.3. The van der Waals surface area contributed by atoms with E-state index in [9.17, 15) is 18.0 Å². The molecule has 3 rings (SSSR count). The molecule has 1 atom stereocenters. The zero-order valence-corrected chi connectivity index (χ0v) is 15.7. The van der Waals surface area contributed by atoms with E-state index in [4.69, 9.17) is 17.0 Å². The summed E-state index contributed by atoms with van der Waals surface area (Å²) in [6, 6.07) is 12.9. The van der Waals surface area contributed by atoms with Gasteiger partial charge in [0.15, 0.2) is 5.11 Å². The standard InChI is InChI=1S/C20H17F3N2O2S/c1-2-27-18(26)15-16(12-7-4-3-5-8-12)24-19(28)25-17(15)13-9-6-10-14(11-13)20(21,22)23/h3-11,17H,2H2,1H3,(H2,24,25,28)/t17-/m0/s1. The van der Waals surface area contributed by atoms with Gasteiger partial charge in [-0.05, 0) is 42.4 Å². The Balaban J connectivity index is 2.18. The van der Waals surface area contributed by atoms with Crippen molar-refractivity contribution in [1.29, 1.82) is 0 Å². The van der Waals surface area contributed by atoms with Crippen molar-refractivity contribution in [3.63, 3.8) is 0 Å². The first-order chi connectivity index (χ1) is 13.3. The molecule has 28 heavy (non-hydrogen) atoms. The van der Waals surface area contributed by atoms with Crippen LogP contribution >= 0.6 is 12.2 Å². The van der Waals surface area contributed by atoms with Crippen LogP contribution < -0.4 is 10.6 Å². The van der Waals surface area contributed by atoms with Gasteiger partial charge in [-0.1, -0.05) is 42.5 Å². The fourth-order valence-corrected chi connectivity index (χ4v) is 3.19. The minimum Gasteiger partial charge on any atom is -0.463 e. The van der Waals surface area contributed by atoms with E-state index < -0.39 is 23.8 Å². The number of nitrogens with one attached hydrogen (secondary N) is 2. The monoisotopic (exact) mass is 406 g/mol. The van der Waals surface area contributed by atoms with Crippen molar-refractivity contribution >= 4 is 29.0 Å². The van der Waals surface area contributed by atoms with Crippen molar-refractivity contribution in [3.8, 4) is 0 Å². The van der Waals surface area contributed by atoms with Gasteiger partial charge < -0.3 is 15.4 Å². The maximum Gasteiger partial charge on any atom is 0.416 e. The van der Waals surface area contributed by atoms with Gasteiger partial charge in [0.25, 0.3) is 0 Å². The first kappa shape index (κ1) is 19.9. The topological polar surface area (TPSA) is 50.4 Å². The number of halogens is 3. The number of benzene rings is 2. The van der Waals surface area contributed by atoms with Gasteiger partial charge in [0.1, 0.15) is 0 Å². The predicted octanol–water partition coefficient (Wildman–Crippen LogP) is 4.20. The second-order valence-electron chi connectivity index (χ2n) is 6.03. The van der Waals surface area contributed by atoms with E-state index in [-0.39, 0.29) is 22.9 Å². The summed E-state index contributed by atoms with van der Waals surface area (Å²) in [6.45, 7) is 1.79. The number of ether oxygens (including phenoxy) is 1. The Bertz CT molecular complexity index is 927. The number of esters is 1. The first-order valence-corrected chi connectivity index (χ1v) is 8.93. The Hall–Kier alpha value is -2.87. The summed E-state index contributed by atoms with van der Waals surface area (Å²) in [4.78, 5) is 12.7. The lowest BCUT2D eigenvalue weighted by molar-refractivity contribution is -0.139. The van der Waals surface area contributed by atoms with Gasteiger partial charge in [0, 0.05) is 0 Å². The third-order valence-corrected chi connectivity index (χ3v) is 4.40. The van der Waals surface area contributed by atoms with Crippen molar-refractivity contribution in [2.75, 3.05) is 6.61 Å². The third-order valence-electron chi connectivity index (χ3n) is 4.18. The lowest BCUT2D eigenvalue weighted by Gasteiger charge is -2.31. The average molecular weight is 406 g/mol. The molecule has 0 saturated heterocycles. The zero-order valence-electron chi connectivity index (χ0n) is 14.8. The van der Waals surface area contributed by atoms with Crippen molar-refractivity contribution in [3.05, 3.63) is 76.9 Å². The number of thiocarbonyl (C=S) groups is 1. The summed E-state index contributed by atoms with van der Waals surface area (Å²) >= 11 is 5.24. The molecule has 0 aliphatic carbocycles. The van der Waals surface area contributed by atoms with Crippen LogP contribution in [0.3, 0.4) is 0 Å². The molecule has 0 unspecified atom stereocenters. The molecule has 2 aromatic rings. The summed E-state index contributed by atoms with van der Waals surface area (Å²) in [5.41, 5.74) is 0.702. The van der Waals surface area contributed by atoms with Crippen molar-refractivity contribution < 1.29 is 22.7 Å². The highest BCUT2D eigenvalue weighted by atomic mass is 32.1. The van der Waals surface area contributed by atoms with Crippen LogP contribution in [0.5, 0.6) is 0 Å². The van der Waals surface area contributed by atoms with Gasteiger partial charge in [0.05, 0.1) is 29.5 Å². The second kappa shape index (κ2) is 8.02. The molecule has 1 heterocycles. The average Bonchev–Trinajstić information content (AvgIpc) is 2.67. The minimum atomic E-state index is -4.50. The van der Waals surface area contributed by atoms with Crippen molar-refractivity contribution in [1.82, 2.24) is 10.6 Å². The molecule has 2 aromatic carbocycles. The highest BCUT2D eigenvalue weighted by molar-refractivity contribution is 7.80. The van der Waals surface area contributed by atoms with Crippen LogP contribution in [-0.4, -0.2) is 17.7 Å². The summed E-state index contributed by atoms with van der Waals surface area (Å²) in [6.07, 6.45) is -4.50. The highest BCUT2D eigenvalue weighted by Crippen LogP contribution is 2.35. The maximum absolute atomic E-state index is 13.2. The van der Waals surface area contributed by atoms with Crippen molar-refractivity contribution in [2.24, 2.45) is 0 Å². The molecule has 0 aromatic heterocycles. The second-order valence-corrected chi connectivity index (χ2v) is 6.44. The van der Waals surface area contributed by atoms with Crippen molar-refractivity contribution in [2.45, 2.75) is 19.1 Å². The molecule has 146 valence electrons. The molecule has 1 aliphatic heterocycles. The third kappa shape index (κ3) is 4.17. The molecule has 0 amide bonds. The summed E-state index contributed by atoms with van der Waals surface area (Å²) in [7, 11) is 0. The fraction of sp³-hybridized carbons (Fsp3) is 0.200. The fourth-order valence-electron chi connectivity index (χ4n) is 2.97. The maximum atomic E-state index is 13.2. The van der Waals surface area contributed by atoms with Crippen LogP contribution in [0.1, 0.15) is 29.7 Å². The van der Waals surface area contributed by atoms with E-state index >= 15 is 0 Å². The SMILES string of the molecule is CCOC(=O)C1=C(c2ccccc2)NC(=S)N[C@H]1c1cccc(C(F)(F)F)c1. The van der Waals surface area contributed by atoms with Gasteiger partial charge in [-0.15, -0.1) is 0 Å².